The second-order valence-corrected chi connectivity index (χ2v) is 6.39. The van der Waals surface area contributed by atoms with Crippen LogP contribution >= 0.6 is 0 Å². The SMILES string of the molecule is CC(=O)Oc1cccc2c1C(=O)[C@H]1[C@H](C[C@@H]1c1ccccc1)C2=O. The minimum absolute atomic E-state index is 0.0178. The lowest BCUT2D eigenvalue weighted by Crippen LogP contribution is -2.48. The molecule has 3 atom stereocenters. The summed E-state index contributed by atoms with van der Waals surface area (Å²) in [7, 11) is 0. The Labute approximate surface area is 139 Å². The molecule has 24 heavy (non-hydrogen) atoms. The molecule has 2 aliphatic carbocycles. The Morgan fingerprint density at radius 3 is 2.42 bits per heavy atom. The van der Waals surface area contributed by atoms with Crippen molar-refractivity contribution >= 4 is 17.5 Å². The Morgan fingerprint density at radius 2 is 1.71 bits per heavy atom. The first kappa shape index (κ1) is 14.8. The monoisotopic (exact) mass is 320 g/mol. The summed E-state index contributed by atoms with van der Waals surface area (Å²) in [6.45, 7) is 1.29. The Morgan fingerprint density at radius 1 is 0.958 bits per heavy atom. The summed E-state index contributed by atoms with van der Waals surface area (Å²) in [6, 6.07) is 14.7. The number of benzene rings is 2. The van der Waals surface area contributed by atoms with Crippen molar-refractivity contribution in [3.63, 3.8) is 0 Å². The second-order valence-electron chi connectivity index (χ2n) is 6.39. The van der Waals surface area contributed by atoms with Crippen LogP contribution in [-0.4, -0.2) is 17.5 Å². The highest BCUT2D eigenvalue weighted by Crippen LogP contribution is 2.53. The van der Waals surface area contributed by atoms with E-state index in [2.05, 4.69) is 0 Å². The molecule has 2 aliphatic rings. The average molecular weight is 320 g/mol. The first-order chi connectivity index (χ1) is 11.6. The molecule has 0 amide bonds. The fraction of sp³-hybridized carbons (Fsp3) is 0.250. The van der Waals surface area contributed by atoms with Gasteiger partial charge in [-0.3, -0.25) is 14.4 Å². The molecule has 0 saturated heterocycles. The van der Waals surface area contributed by atoms with Crippen molar-refractivity contribution in [2.45, 2.75) is 19.3 Å². The van der Waals surface area contributed by atoms with Crippen LogP contribution in [0.5, 0.6) is 5.75 Å². The number of carbonyl (C=O) groups is 3. The van der Waals surface area contributed by atoms with Crippen LogP contribution in [0, 0.1) is 11.8 Å². The van der Waals surface area contributed by atoms with E-state index in [0.29, 0.717) is 12.0 Å². The highest BCUT2D eigenvalue weighted by molar-refractivity contribution is 6.18. The maximum Gasteiger partial charge on any atom is 0.308 e. The van der Waals surface area contributed by atoms with Gasteiger partial charge in [-0.05, 0) is 24.0 Å². The van der Waals surface area contributed by atoms with Crippen molar-refractivity contribution in [3.05, 3.63) is 65.2 Å². The molecular weight excluding hydrogens is 304 g/mol. The highest BCUT2D eigenvalue weighted by Gasteiger charge is 2.54. The summed E-state index contributed by atoms with van der Waals surface area (Å²) in [5.41, 5.74) is 1.72. The van der Waals surface area contributed by atoms with Crippen molar-refractivity contribution < 1.29 is 19.1 Å². The molecule has 0 unspecified atom stereocenters. The molecule has 0 radical (unpaired) electrons. The van der Waals surface area contributed by atoms with Crippen LogP contribution in [-0.2, 0) is 4.79 Å². The lowest BCUT2D eigenvalue weighted by molar-refractivity contribution is -0.131. The lowest BCUT2D eigenvalue weighted by Gasteiger charge is -2.46. The number of ketones is 2. The van der Waals surface area contributed by atoms with Gasteiger partial charge in [0.15, 0.2) is 11.6 Å². The number of Topliss-reactive ketones (excluding diaryl/α,β-unsaturated/α-hetero) is 2. The van der Waals surface area contributed by atoms with Crippen molar-refractivity contribution in [1.82, 2.24) is 0 Å². The Kier molecular flexibility index (Phi) is 3.34. The number of rotatable bonds is 2. The fourth-order valence-corrected chi connectivity index (χ4v) is 3.93. The molecule has 2 aromatic carbocycles. The van der Waals surface area contributed by atoms with Crippen LogP contribution in [0.15, 0.2) is 48.5 Å². The van der Waals surface area contributed by atoms with E-state index < -0.39 is 5.97 Å². The molecule has 0 spiro atoms. The van der Waals surface area contributed by atoms with Crippen LogP contribution in [0.1, 0.15) is 45.5 Å². The number of esters is 1. The summed E-state index contributed by atoms with van der Waals surface area (Å²) in [6.07, 6.45) is 0.691. The highest BCUT2D eigenvalue weighted by atomic mass is 16.5. The quantitative estimate of drug-likeness (QED) is 0.628. The summed E-state index contributed by atoms with van der Waals surface area (Å²) in [4.78, 5) is 37.1. The van der Waals surface area contributed by atoms with E-state index >= 15 is 0 Å². The topological polar surface area (TPSA) is 60.4 Å². The Balaban J connectivity index is 1.77. The normalized spacial score (nSPS) is 24.6. The standard InChI is InChI=1S/C20H16O4/c1-11(21)24-16-9-5-8-13-18(16)20(23)17-14(10-15(17)19(13)22)12-6-3-2-4-7-12/h2-9,14-15,17H,10H2,1H3/t14-,15+,17-/m1/s1. The van der Waals surface area contributed by atoms with Crippen LogP contribution in [0.3, 0.4) is 0 Å². The van der Waals surface area contributed by atoms with Crippen molar-refractivity contribution in [1.29, 1.82) is 0 Å². The lowest BCUT2D eigenvalue weighted by atomic mass is 9.54. The van der Waals surface area contributed by atoms with E-state index in [0.717, 1.165) is 5.56 Å². The van der Waals surface area contributed by atoms with Gasteiger partial charge in [0.05, 0.1) is 5.56 Å². The largest absolute Gasteiger partial charge is 0.426 e. The molecule has 120 valence electrons. The molecule has 2 aromatic rings. The predicted molar refractivity (Wildman–Crippen MR) is 87.2 cm³/mol. The van der Waals surface area contributed by atoms with E-state index in [9.17, 15) is 14.4 Å². The smallest absolute Gasteiger partial charge is 0.308 e. The third-order valence-corrected chi connectivity index (χ3v) is 5.03. The Hall–Kier alpha value is -2.75. The summed E-state index contributed by atoms with van der Waals surface area (Å²) >= 11 is 0. The number of ether oxygens (including phenoxy) is 1. The van der Waals surface area contributed by atoms with Crippen molar-refractivity contribution in [2.75, 3.05) is 0 Å². The maximum absolute atomic E-state index is 13.1. The maximum atomic E-state index is 13.1. The van der Waals surface area contributed by atoms with Gasteiger partial charge in [-0.1, -0.05) is 42.5 Å². The molecule has 4 nitrogen and oxygen atoms in total. The number of hydrogen-bond acceptors (Lipinski definition) is 4. The average Bonchev–Trinajstić information content (AvgIpc) is 2.53. The molecule has 0 heterocycles. The molecule has 0 N–H and O–H groups in total. The summed E-state index contributed by atoms with van der Waals surface area (Å²) in [5, 5.41) is 0. The van der Waals surface area contributed by atoms with Crippen LogP contribution < -0.4 is 4.74 Å². The zero-order valence-corrected chi connectivity index (χ0v) is 13.2. The van der Waals surface area contributed by atoms with E-state index in [1.54, 1.807) is 18.2 Å². The van der Waals surface area contributed by atoms with E-state index in [1.165, 1.54) is 6.92 Å². The molecule has 0 bridgehead atoms. The third kappa shape index (κ3) is 2.10. The molecule has 4 heteroatoms. The minimum atomic E-state index is -0.501. The van der Waals surface area contributed by atoms with Gasteiger partial charge in [0.2, 0.25) is 0 Å². The predicted octanol–water partition coefficient (Wildman–Crippen LogP) is 3.41. The molecule has 1 saturated carbocycles. The molecule has 4 rings (SSSR count). The van der Waals surface area contributed by atoms with Crippen LogP contribution in [0.4, 0.5) is 0 Å². The first-order valence-electron chi connectivity index (χ1n) is 8.02. The number of fused-ring (bicyclic) bond motifs is 2. The minimum Gasteiger partial charge on any atom is -0.426 e. The van der Waals surface area contributed by atoms with Crippen molar-refractivity contribution in [3.8, 4) is 5.75 Å². The van der Waals surface area contributed by atoms with Gasteiger partial charge in [0.1, 0.15) is 5.75 Å². The zero-order chi connectivity index (χ0) is 16.8. The van der Waals surface area contributed by atoms with E-state index in [-0.39, 0.29) is 40.6 Å². The van der Waals surface area contributed by atoms with Gasteiger partial charge in [0.25, 0.3) is 0 Å². The van der Waals surface area contributed by atoms with Gasteiger partial charge in [-0.25, -0.2) is 0 Å². The van der Waals surface area contributed by atoms with E-state index in [1.807, 2.05) is 30.3 Å². The van der Waals surface area contributed by atoms with Gasteiger partial charge in [0, 0.05) is 24.3 Å². The fourth-order valence-electron chi connectivity index (χ4n) is 3.93. The molecule has 0 aromatic heterocycles. The number of hydrogen-bond donors (Lipinski definition) is 0. The van der Waals surface area contributed by atoms with Crippen LogP contribution in [0.25, 0.3) is 0 Å². The van der Waals surface area contributed by atoms with Gasteiger partial charge < -0.3 is 4.74 Å². The zero-order valence-electron chi connectivity index (χ0n) is 13.2. The van der Waals surface area contributed by atoms with E-state index in [4.69, 9.17) is 4.74 Å². The van der Waals surface area contributed by atoms with Gasteiger partial charge >= 0.3 is 5.97 Å². The first-order valence-corrected chi connectivity index (χ1v) is 8.02. The van der Waals surface area contributed by atoms with Gasteiger partial charge in [-0.15, -0.1) is 0 Å². The molecule has 1 fully saturated rings. The van der Waals surface area contributed by atoms with Crippen molar-refractivity contribution in [2.24, 2.45) is 11.8 Å². The summed E-state index contributed by atoms with van der Waals surface area (Å²) in [5.74, 6) is -0.991. The van der Waals surface area contributed by atoms with Gasteiger partial charge in [-0.2, -0.15) is 0 Å². The molecule has 0 aliphatic heterocycles. The third-order valence-electron chi connectivity index (χ3n) is 5.03. The Bertz CT molecular complexity index is 853. The summed E-state index contributed by atoms with van der Waals surface area (Å²) < 4.78 is 5.17. The second kappa shape index (κ2) is 5.41. The molecular formula is C20H16O4. The number of carbonyl (C=O) groups excluding carboxylic acids is 3. The van der Waals surface area contributed by atoms with Crippen LogP contribution in [0.2, 0.25) is 0 Å².